The monoisotopic (exact) mass is 526 g/mol. The molecule has 37 heavy (non-hydrogen) atoms. The predicted molar refractivity (Wildman–Crippen MR) is 132 cm³/mol. The zero-order chi connectivity index (χ0) is 26.8. The third-order valence-electron chi connectivity index (χ3n) is 7.77. The minimum Gasteiger partial charge on any atom is -0.616 e. The molecule has 0 aliphatic heterocycles. The summed E-state index contributed by atoms with van der Waals surface area (Å²) in [6.07, 6.45) is 1.68. The number of ketones is 2. The first-order chi connectivity index (χ1) is 17.5. The van der Waals surface area contributed by atoms with Crippen LogP contribution >= 0.6 is 0 Å². The third kappa shape index (κ3) is 3.76. The molecule has 1 aromatic heterocycles. The Bertz CT molecular complexity index is 1360. The minimum absolute atomic E-state index is 0.0383. The van der Waals surface area contributed by atoms with E-state index in [0.717, 1.165) is 0 Å². The van der Waals surface area contributed by atoms with E-state index in [9.17, 15) is 39.4 Å². The normalized spacial score (nSPS) is 29.8. The number of nitrogens with zero attached hydrogens (tertiary/aromatic N) is 1. The van der Waals surface area contributed by atoms with E-state index in [1.807, 2.05) is 0 Å². The predicted octanol–water partition coefficient (Wildman–Crippen LogP) is 0.686. The number of hydrogen-bond acceptors (Lipinski definition) is 9. The number of aliphatic hydroxyl groups is 3. The van der Waals surface area contributed by atoms with Crippen LogP contribution < -0.4 is 5.73 Å². The highest BCUT2D eigenvalue weighted by Gasteiger charge is 2.62. The van der Waals surface area contributed by atoms with Crippen molar-refractivity contribution >= 4 is 28.6 Å². The fourth-order valence-electron chi connectivity index (χ4n) is 6.13. The standard InChI is InChI=1S/C26H26N2O8S/c1-37(36)10-12-8-14(16-4-2-3-5-28-16)15-7-11-6-13-9-17(29)20(25(27)34)24(33)26(13,35)23(32)18(11)22(31)19(15)21(12)30/h2-5,8,11,13,17,20,29-30,32,35H,6-7,9-10H2,1H3,(H2,27,34)/t11-,13+,17?,20?,26+,37?/m1/s1. The number of aliphatic hydroxyl groups excluding tert-OH is 2. The first-order valence-electron chi connectivity index (χ1n) is 11.8. The van der Waals surface area contributed by atoms with E-state index in [0.29, 0.717) is 16.8 Å². The molecule has 0 saturated heterocycles. The number of benzene rings is 1. The van der Waals surface area contributed by atoms with Gasteiger partial charge < -0.3 is 30.7 Å². The van der Waals surface area contributed by atoms with Crippen molar-refractivity contribution in [3.8, 4) is 17.0 Å². The molecule has 1 fully saturated rings. The summed E-state index contributed by atoms with van der Waals surface area (Å²) in [5.41, 5.74) is 4.21. The lowest BCUT2D eigenvalue weighted by atomic mass is 9.57. The van der Waals surface area contributed by atoms with Gasteiger partial charge in [-0.1, -0.05) is 17.2 Å². The number of aromatic nitrogens is 1. The Labute approximate surface area is 215 Å². The van der Waals surface area contributed by atoms with Gasteiger partial charge in [-0.15, -0.1) is 0 Å². The highest BCUT2D eigenvalue weighted by molar-refractivity contribution is 7.89. The molecule has 0 radical (unpaired) electrons. The fourth-order valence-corrected chi connectivity index (χ4v) is 6.79. The summed E-state index contributed by atoms with van der Waals surface area (Å²) >= 11 is -1.35. The quantitative estimate of drug-likeness (QED) is 0.281. The molecular weight excluding hydrogens is 500 g/mol. The van der Waals surface area contributed by atoms with Gasteiger partial charge in [0.1, 0.15) is 23.2 Å². The summed E-state index contributed by atoms with van der Waals surface area (Å²) in [7, 11) is 0. The number of phenols is 1. The van der Waals surface area contributed by atoms with Gasteiger partial charge in [0, 0.05) is 28.8 Å². The number of hydrogen-bond donors (Lipinski definition) is 5. The summed E-state index contributed by atoms with van der Waals surface area (Å²) in [4.78, 5) is 43.2. The Morgan fingerprint density at radius 1 is 1.27 bits per heavy atom. The first kappa shape index (κ1) is 25.4. The van der Waals surface area contributed by atoms with E-state index in [1.165, 1.54) is 6.26 Å². The maximum atomic E-state index is 13.9. The van der Waals surface area contributed by atoms with Gasteiger partial charge in [-0.2, -0.15) is 0 Å². The Morgan fingerprint density at radius 2 is 2.00 bits per heavy atom. The lowest BCUT2D eigenvalue weighted by molar-refractivity contribution is -0.167. The van der Waals surface area contributed by atoms with Gasteiger partial charge in [-0.05, 0) is 48.9 Å². The number of aromatic hydroxyl groups is 1. The van der Waals surface area contributed by atoms with Crippen molar-refractivity contribution in [3.05, 3.63) is 58.5 Å². The van der Waals surface area contributed by atoms with Crippen LogP contribution in [0.2, 0.25) is 0 Å². The topological polar surface area (TPSA) is 194 Å². The number of carbonyl (C=O) groups is 3. The van der Waals surface area contributed by atoms with Crippen molar-refractivity contribution in [1.82, 2.24) is 4.98 Å². The Balaban J connectivity index is 1.72. The molecule has 194 valence electrons. The van der Waals surface area contributed by atoms with Crippen LogP contribution in [0, 0.1) is 17.8 Å². The molecular formula is C26H26N2O8S. The van der Waals surface area contributed by atoms with Crippen molar-refractivity contribution < 1.29 is 39.4 Å². The average Bonchev–Trinajstić information content (AvgIpc) is 2.83. The summed E-state index contributed by atoms with van der Waals surface area (Å²) in [5.74, 6) is -7.70. The minimum atomic E-state index is -2.57. The Morgan fingerprint density at radius 3 is 2.62 bits per heavy atom. The van der Waals surface area contributed by atoms with E-state index in [-0.39, 0.29) is 47.5 Å². The lowest BCUT2D eigenvalue weighted by Gasteiger charge is -2.48. The van der Waals surface area contributed by atoms with Crippen molar-refractivity contribution in [1.29, 1.82) is 0 Å². The molecule has 3 aliphatic rings. The van der Waals surface area contributed by atoms with Crippen LogP contribution in [0.3, 0.4) is 0 Å². The van der Waals surface area contributed by atoms with Crippen molar-refractivity contribution in [3.63, 3.8) is 0 Å². The van der Waals surface area contributed by atoms with Crippen LogP contribution in [-0.4, -0.2) is 65.4 Å². The largest absolute Gasteiger partial charge is 0.616 e. The number of rotatable bonds is 4. The van der Waals surface area contributed by atoms with E-state index in [1.54, 1.807) is 30.5 Å². The maximum absolute atomic E-state index is 13.9. The molecule has 3 aliphatic carbocycles. The number of nitrogens with two attached hydrogens (primary N) is 1. The van der Waals surface area contributed by atoms with Crippen LogP contribution in [-0.2, 0) is 32.9 Å². The number of pyridine rings is 1. The molecule has 1 amide bonds. The van der Waals surface area contributed by atoms with Gasteiger partial charge in [0.25, 0.3) is 0 Å². The van der Waals surface area contributed by atoms with Gasteiger partial charge >= 0.3 is 0 Å². The van der Waals surface area contributed by atoms with E-state index in [2.05, 4.69) is 4.98 Å². The zero-order valence-corrected chi connectivity index (χ0v) is 20.7. The molecule has 1 saturated carbocycles. The SMILES string of the molecule is C[S+]([O-])Cc1cc(-c2ccccn2)c2c(c1O)C(=O)C1=C(O)[C@]3(O)C(=O)C(C(N)=O)C(O)C[C@@H]3C[C@@H]1C2. The highest BCUT2D eigenvalue weighted by atomic mass is 32.2. The van der Waals surface area contributed by atoms with E-state index in [4.69, 9.17) is 5.73 Å². The van der Waals surface area contributed by atoms with E-state index < -0.39 is 63.9 Å². The molecule has 6 N–H and O–H groups in total. The van der Waals surface area contributed by atoms with Crippen molar-refractivity contribution in [2.24, 2.45) is 23.5 Å². The maximum Gasteiger partial charge on any atom is 0.230 e. The molecule has 1 heterocycles. The summed E-state index contributed by atoms with van der Waals surface area (Å²) in [5, 5.41) is 44.1. The molecule has 5 rings (SSSR count). The molecule has 6 atom stereocenters. The van der Waals surface area contributed by atoms with Crippen LogP contribution in [0.1, 0.15) is 34.3 Å². The van der Waals surface area contributed by atoms with Gasteiger partial charge in [-0.3, -0.25) is 19.4 Å². The summed E-state index contributed by atoms with van der Waals surface area (Å²) in [6, 6.07) is 6.90. The van der Waals surface area contributed by atoms with E-state index >= 15 is 0 Å². The number of fused-ring (bicyclic) bond motifs is 3. The second-order valence-corrected chi connectivity index (χ2v) is 11.4. The van der Waals surface area contributed by atoms with Gasteiger partial charge in [-0.25, -0.2) is 0 Å². The van der Waals surface area contributed by atoms with Crippen LogP contribution in [0.4, 0.5) is 0 Å². The van der Waals surface area contributed by atoms with Crippen LogP contribution in [0.5, 0.6) is 5.75 Å². The second-order valence-electron chi connectivity index (χ2n) is 9.96. The summed E-state index contributed by atoms with van der Waals surface area (Å²) < 4.78 is 12.0. The fraction of sp³-hybridized carbons (Fsp3) is 0.385. The average molecular weight is 527 g/mol. The van der Waals surface area contributed by atoms with Crippen LogP contribution in [0.25, 0.3) is 11.3 Å². The summed E-state index contributed by atoms with van der Waals surface area (Å²) in [6.45, 7) is 0. The molecule has 0 spiro atoms. The van der Waals surface area contributed by atoms with Gasteiger partial charge in [0.05, 0.1) is 23.6 Å². The molecule has 0 bridgehead atoms. The number of Topliss-reactive ketones (excluding diaryl/α,β-unsaturated/α-hetero) is 2. The van der Waals surface area contributed by atoms with Crippen molar-refractivity contribution in [2.75, 3.05) is 6.26 Å². The van der Waals surface area contributed by atoms with Crippen molar-refractivity contribution in [2.45, 2.75) is 36.7 Å². The number of allylic oxidation sites excluding steroid dienone is 1. The second kappa shape index (κ2) is 8.95. The molecule has 1 aromatic carbocycles. The lowest BCUT2D eigenvalue weighted by Crippen LogP contribution is -2.63. The number of carbonyl (C=O) groups excluding carboxylic acids is 3. The Kier molecular flexibility index (Phi) is 6.14. The van der Waals surface area contributed by atoms with Gasteiger partial charge in [0.2, 0.25) is 5.91 Å². The molecule has 11 heteroatoms. The Hall–Kier alpha value is -3.25. The number of primary amides is 1. The number of phenolic OH excluding ortho intramolecular Hbond substituents is 1. The zero-order valence-electron chi connectivity index (χ0n) is 19.9. The number of amides is 1. The molecule has 3 unspecified atom stereocenters. The smallest absolute Gasteiger partial charge is 0.230 e. The van der Waals surface area contributed by atoms with Gasteiger partial charge in [0.15, 0.2) is 17.2 Å². The molecule has 10 nitrogen and oxygen atoms in total. The molecule has 2 aromatic rings. The first-order valence-corrected chi connectivity index (χ1v) is 13.5. The van der Waals surface area contributed by atoms with Crippen LogP contribution in [0.15, 0.2) is 41.8 Å². The highest BCUT2D eigenvalue weighted by Crippen LogP contribution is 2.53. The third-order valence-corrected chi connectivity index (χ3v) is 8.49.